The maximum Gasteiger partial charge on any atom is 0.328 e. The summed E-state index contributed by atoms with van der Waals surface area (Å²) < 4.78 is 4.54. The third-order valence-electron chi connectivity index (χ3n) is 2.20. The lowest BCUT2D eigenvalue weighted by Crippen LogP contribution is -2.46. The van der Waals surface area contributed by atoms with E-state index in [1.165, 1.54) is 13.2 Å². The lowest BCUT2D eigenvalue weighted by Gasteiger charge is -2.18. The van der Waals surface area contributed by atoms with E-state index in [0.717, 1.165) is 0 Å². The van der Waals surface area contributed by atoms with Gasteiger partial charge in [0.25, 0.3) is 0 Å². The minimum Gasteiger partial charge on any atom is -0.467 e. The Morgan fingerprint density at radius 3 is 2.47 bits per heavy atom. The highest BCUT2D eigenvalue weighted by molar-refractivity contribution is 5.86. The van der Waals surface area contributed by atoms with Gasteiger partial charge in [0.1, 0.15) is 12.1 Å². The summed E-state index contributed by atoms with van der Waals surface area (Å²) in [6, 6.07) is -0.785. The van der Waals surface area contributed by atoms with Gasteiger partial charge >= 0.3 is 5.97 Å². The quantitative estimate of drug-likeness (QED) is 0.508. The first-order valence-electron chi connectivity index (χ1n) is 5.59. The second kappa shape index (κ2) is 7.84. The Hall–Kier alpha value is -1.36. The zero-order chi connectivity index (χ0) is 13.4. The van der Waals surface area contributed by atoms with Crippen LogP contribution >= 0.6 is 0 Å². The lowest BCUT2D eigenvalue weighted by atomic mass is 10.1. The van der Waals surface area contributed by atoms with E-state index in [0.29, 0.717) is 6.42 Å². The topological polar surface area (TPSA) is 75.6 Å². The first-order chi connectivity index (χ1) is 7.92. The summed E-state index contributed by atoms with van der Waals surface area (Å²) >= 11 is 0. The van der Waals surface area contributed by atoms with E-state index >= 15 is 0 Å². The van der Waals surface area contributed by atoms with Crippen LogP contribution < -0.4 is 5.32 Å². The highest BCUT2D eigenvalue weighted by Crippen LogP contribution is 2.05. The number of nitrogens with one attached hydrogen (secondary N) is 1. The lowest BCUT2D eigenvalue weighted by molar-refractivity contribution is -0.146. The number of methoxy groups -OCH3 is 1. The fourth-order valence-electron chi connectivity index (χ4n) is 1.34. The minimum atomic E-state index is -1.10. The Kier molecular flexibility index (Phi) is 7.21. The molecule has 5 heteroatoms. The highest BCUT2D eigenvalue weighted by atomic mass is 16.5. The molecule has 0 aromatic rings. The molecule has 0 saturated heterocycles. The van der Waals surface area contributed by atoms with Crippen LogP contribution in [0.2, 0.25) is 0 Å². The predicted molar refractivity (Wildman–Crippen MR) is 64.2 cm³/mol. The Balaban J connectivity index is 4.39. The Bertz CT molecular complexity index is 276. The van der Waals surface area contributed by atoms with Gasteiger partial charge in [0.15, 0.2) is 0 Å². The molecule has 0 aliphatic carbocycles. The van der Waals surface area contributed by atoms with Crippen molar-refractivity contribution in [2.75, 3.05) is 7.11 Å². The standard InChI is InChI=1S/C12H21NO4/c1-5-6-9(12(16)17-4)13-11(15)10(14)7-8(2)3/h5,8-10,14H,1,6-7H2,2-4H3,(H,13,15)/t9-,10-/m0/s1. The summed E-state index contributed by atoms with van der Waals surface area (Å²) in [6.07, 6.45) is 1.03. The molecule has 0 saturated carbocycles. The molecule has 2 atom stereocenters. The van der Waals surface area contributed by atoms with Gasteiger partial charge in [-0.05, 0) is 18.8 Å². The van der Waals surface area contributed by atoms with E-state index in [4.69, 9.17) is 0 Å². The van der Waals surface area contributed by atoms with Crippen molar-refractivity contribution in [2.24, 2.45) is 5.92 Å². The normalized spacial score (nSPS) is 13.9. The van der Waals surface area contributed by atoms with E-state index < -0.39 is 24.0 Å². The molecule has 0 aromatic heterocycles. The van der Waals surface area contributed by atoms with Crippen molar-refractivity contribution in [2.45, 2.75) is 38.8 Å². The number of hydrogen-bond donors (Lipinski definition) is 2. The SMILES string of the molecule is C=CC[C@H](NC(=O)[C@@H](O)CC(C)C)C(=O)OC. The molecule has 17 heavy (non-hydrogen) atoms. The van der Waals surface area contributed by atoms with Crippen molar-refractivity contribution in [3.63, 3.8) is 0 Å². The molecule has 1 amide bonds. The van der Waals surface area contributed by atoms with Gasteiger partial charge < -0.3 is 15.2 Å². The highest BCUT2D eigenvalue weighted by Gasteiger charge is 2.24. The van der Waals surface area contributed by atoms with Crippen molar-refractivity contribution in [1.82, 2.24) is 5.32 Å². The number of aliphatic hydroxyl groups is 1. The fraction of sp³-hybridized carbons (Fsp3) is 0.667. The van der Waals surface area contributed by atoms with Crippen molar-refractivity contribution in [1.29, 1.82) is 0 Å². The van der Waals surface area contributed by atoms with Crippen LogP contribution in [0.15, 0.2) is 12.7 Å². The van der Waals surface area contributed by atoms with E-state index in [-0.39, 0.29) is 12.3 Å². The number of carbonyl (C=O) groups excluding carboxylic acids is 2. The van der Waals surface area contributed by atoms with Crippen molar-refractivity contribution in [3.8, 4) is 0 Å². The number of carbonyl (C=O) groups is 2. The second-order valence-corrected chi connectivity index (χ2v) is 4.25. The number of rotatable bonds is 7. The van der Waals surface area contributed by atoms with Crippen LogP contribution in [0, 0.1) is 5.92 Å². The molecule has 0 heterocycles. The molecule has 0 rings (SSSR count). The van der Waals surface area contributed by atoms with E-state index in [9.17, 15) is 14.7 Å². The summed E-state index contributed by atoms with van der Waals surface area (Å²) in [5, 5.41) is 12.0. The van der Waals surface area contributed by atoms with Gasteiger partial charge in [0, 0.05) is 0 Å². The molecule has 0 radical (unpaired) electrons. The van der Waals surface area contributed by atoms with Gasteiger partial charge in [-0.1, -0.05) is 19.9 Å². The Morgan fingerprint density at radius 2 is 2.06 bits per heavy atom. The van der Waals surface area contributed by atoms with Gasteiger partial charge in [-0.2, -0.15) is 0 Å². The first-order valence-corrected chi connectivity index (χ1v) is 5.59. The molecular formula is C12H21NO4. The average molecular weight is 243 g/mol. The van der Waals surface area contributed by atoms with Crippen molar-refractivity contribution in [3.05, 3.63) is 12.7 Å². The van der Waals surface area contributed by atoms with Gasteiger partial charge in [0.2, 0.25) is 5.91 Å². The van der Waals surface area contributed by atoms with Crippen LogP contribution in [-0.2, 0) is 14.3 Å². The predicted octanol–water partition coefficient (Wildman–Crippen LogP) is 0.627. The van der Waals surface area contributed by atoms with E-state index in [2.05, 4.69) is 16.6 Å². The molecule has 2 N–H and O–H groups in total. The zero-order valence-corrected chi connectivity index (χ0v) is 10.6. The summed E-state index contributed by atoms with van der Waals surface area (Å²) in [4.78, 5) is 22.9. The van der Waals surface area contributed by atoms with Crippen LogP contribution in [0.4, 0.5) is 0 Å². The van der Waals surface area contributed by atoms with Crippen LogP contribution in [0.1, 0.15) is 26.7 Å². The van der Waals surface area contributed by atoms with Crippen molar-refractivity contribution < 1.29 is 19.4 Å². The van der Waals surface area contributed by atoms with Crippen molar-refractivity contribution >= 4 is 11.9 Å². The van der Waals surface area contributed by atoms with Gasteiger partial charge in [-0.25, -0.2) is 4.79 Å². The second-order valence-electron chi connectivity index (χ2n) is 4.25. The fourth-order valence-corrected chi connectivity index (χ4v) is 1.34. The van der Waals surface area contributed by atoms with Crippen LogP contribution in [0.3, 0.4) is 0 Å². The number of aliphatic hydroxyl groups excluding tert-OH is 1. The number of ether oxygens (including phenoxy) is 1. The van der Waals surface area contributed by atoms with Crippen LogP contribution in [-0.4, -0.2) is 36.2 Å². The molecule has 98 valence electrons. The van der Waals surface area contributed by atoms with Gasteiger partial charge in [0.05, 0.1) is 7.11 Å². The summed E-state index contributed by atoms with van der Waals surface area (Å²) in [6.45, 7) is 7.30. The maximum absolute atomic E-state index is 11.6. The maximum atomic E-state index is 11.6. The molecule has 0 spiro atoms. The summed E-state index contributed by atoms with van der Waals surface area (Å²) in [7, 11) is 1.25. The third-order valence-corrected chi connectivity index (χ3v) is 2.20. The minimum absolute atomic E-state index is 0.201. The first kappa shape index (κ1) is 15.6. The van der Waals surface area contributed by atoms with E-state index in [1.54, 1.807) is 0 Å². The monoisotopic (exact) mass is 243 g/mol. The molecule has 0 aliphatic rings. The number of esters is 1. The molecule has 0 bridgehead atoms. The van der Waals surface area contributed by atoms with E-state index in [1.807, 2.05) is 13.8 Å². The Labute approximate surface area is 102 Å². The molecule has 0 aliphatic heterocycles. The smallest absolute Gasteiger partial charge is 0.328 e. The largest absolute Gasteiger partial charge is 0.467 e. The summed E-state index contributed by atoms with van der Waals surface area (Å²) in [5.74, 6) is -0.905. The van der Waals surface area contributed by atoms with Gasteiger partial charge in [-0.3, -0.25) is 4.79 Å². The third kappa shape index (κ3) is 6.06. The molecular weight excluding hydrogens is 222 g/mol. The zero-order valence-electron chi connectivity index (χ0n) is 10.6. The molecule has 5 nitrogen and oxygen atoms in total. The Morgan fingerprint density at radius 1 is 1.47 bits per heavy atom. The molecule has 0 unspecified atom stereocenters. The molecule has 0 aromatic carbocycles. The van der Waals surface area contributed by atoms with Crippen LogP contribution in [0.5, 0.6) is 0 Å². The van der Waals surface area contributed by atoms with Crippen LogP contribution in [0.25, 0.3) is 0 Å². The molecule has 0 fully saturated rings. The number of amides is 1. The number of hydrogen-bond acceptors (Lipinski definition) is 4. The average Bonchev–Trinajstić information content (AvgIpc) is 2.26. The summed E-state index contributed by atoms with van der Waals surface area (Å²) in [5.41, 5.74) is 0. The van der Waals surface area contributed by atoms with Gasteiger partial charge in [-0.15, -0.1) is 6.58 Å².